The van der Waals surface area contributed by atoms with E-state index in [4.69, 9.17) is 0 Å². The minimum absolute atomic E-state index is 0.0156. The van der Waals surface area contributed by atoms with Crippen LogP contribution in [0.1, 0.15) is 29.7 Å². The summed E-state index contributed by atoms with van der Waals surface area (Å²) in [7, 11) is 4.06. The highest BCUT2D eigenvalue weighted by Gasteiger charge is 2.39. The lowest BCUT2D eigenvalue weighted by Crippen LogP contribution is -2.51. The number of aromatic amines is 1. The summed E-state index contributed by atoms with van der Waals surface area (Å²) in [4.78, 5) is 20.8. The van der Waals surface area contributed by atoms with Crippen molar-refractivity contribution >= 4 is 28.4 Å². The fourth-order valence-electron chi connectivity index (χ4n) is 5.30. The zero-order valence-corrected chi connectivity index (χ0v) is 21.7. The summed E-state index contributed by atoms with van der Waals surface area (Å²) in [5, 5.41) is 13.1. The molecule has 1 fully saturated rings. The van der Waals surface area contributed by atoms with E-state index in [0.717, 1.165) is 17.0 Å². The number of alkyl halides is 3. The normalized spacial score (nSPS) is 15.5. The first-order chi connectivity index (χ1) is 18.7. The summed E-state index contributed by atoms with van der Waals surface area (Å²) in [5.41, 5.74) is 1.85. The maximum Gasteiger partial charge on any atom is 0.433 e. The predicted octanol–water partition coefficient (Wildman–Crippen LogP) is 5.36. The number of hydrogen-bond acceptors (Lipinski definition) is 5. The quantitative estimate of drug-likeness (QED) is 0.308. The van der Waals surface area contributed by atoms with Crippen LogP contribution >= 0.6 is 0 Å². The van der Waals surface area contributed by atoms with Crippen molar-refractivity contribution in [3.63, 3.8) is 0 Å². The van der Waals surface area contributed by atoms with Gasteiger partial charge in [0, 0.05) is 36.1 Å². The van der Waals surface area contributed by atoms with Crippen LogP contribution < -0.4 is 15.5 Å². The maximum atomic E-state index is 13.6. The average molecular weight is 538 g/mol. The van der Waals surface area contributed by atoms with Crippen molar-refractivity contribution in [1.29, 1.82) is 0 Å². The number of carbonyl (C=O) groups is 1. The number of halogens is 3. The van der Waals surface area contributed by atoms with Gasteiger partial charge in [-0.3, -0.25) is 10.00 Å². The number of aromatic nitrogens is 3. The molecule has 0 aliphatic carbocycles. The van der Waals surface area contributed by atoms with E-state index in [2.05, 4.69) is 42.8 Å². The van der Waals surface area contributed by atoms with Crippen LogP contribution in [0, 0.1) is 0 Å². The van der Waals surface area contributed by atoms with Crippen LogP contribution in [0.2, 0.25) is 0 Å². The highest BCUT2D eigenvalue weighted by Crippen LogP contribution is 2.39. The third-order valence-electron chi connectivity index (χ3n) is 7.48. The number of nitrogens with one attached hydrogen (secondary N) is 3. The summed E-state index contributed by atoms with van der Waals surface area (Å²) in [6.45, 7) is 1.05. The number of urea groups is 1. The number of hydrogen-bond donors (Lipinski definition) is 3. The fraction of sp³-hybridized carbons (Fsp3) is 0.321. The summed E-state index contributed by atoms with van der Waals surface area (Å²) in [6, 6.07) is 17.4. The van der Waals surface area contributed by atoms with Gasteiger partial charge < -0.3 is 15.5 Å². The first kappa shape index (κ1) is 26.5. The van der Waals surface area contributed by atoms with Gasteiger partial charge >= 0.3 is 12.2 Å². The molecule has 4 aromatic rings. The van der Waals surface area contributed by atoms with E-state index in [0.29, 0.717) is 37.2 Å². The van der Waals surface area contributed by atoms with E-state index in [1.54, 1.807) is 18.3 Å². The van der Waals surface area contributed by atoms with Crippen molar-refractivity contribution in [2.75, 3.05) is 37.4 Å². The van der Waals surface area contributed by atoms with Crippen LogP contribution in [0.15, 0.2) is 66.9 Å². The molecule has 0 bridgehead atoms. The summed E-state index contributed by atoms with van der Waals surface area (Å²) < 4.78 is 40.8. The molecule has 2 aromatic carbocycles. The molecule has 5 rings (SSSR count). The van der Waals surface area contributed by atoms with Gasteiger partial charge in [0.05, 0.1) is 17.4 Å². The molecule has 2 amide bonds. The SMILES string of the molecule is CN(C)C1(c2ccccc2)CCN(c2nc(C(F)(F)F)ccc2CNC(=O)Nc2cccc3[nH]ncc23)CC1. The van der Waals surface area contributed by atoms with Gasteiger partial charge in [0.15, 0.2) is 0 Å². The van der Waals surface area contributed by atoms with Crippen molar-refractivity contribution in [1.82, 2.24) is 25.4 Å². The van der Waals surface area contributed by atoms with Crippen molar-refractivity contribution in [2.45, 2.75) is 31.1 Å². The molecule has 1 saturated heterocycles. The molecule has 0 radical (unpaired) electrons. The number of rotatable bonds is 6. The largest absolute Gasteiger partial charge is 0.433 e. The minimum atomic E-state index is -4.57. The van der Waals surface area contributed by atoms with Crippen molar-refractivity contribution < 1.29 is 18.0 Å². The van der Waals surface area contributed by atoms with Crippen molar-refractivity contribution in [3.05, 3.63) is 83.7 Å². The topological polar surface area (TPSA) is 89.2 Å². The Balaban J connectivity index is 1.35. The third kappa shape index (κ3) is 5.40. The summed E-state index contributed by atoms with van der Waals surface area (Å²) >= 11 is 0. The standard InChI is InChI=1S/C28H30F3N7O/c1-37(2)27(20-7-4-3-5-8-20)13-15-38(16-14-27)25-19(11-12-24(35-25)28(29,30)31)17-32-26(39)34-22-9-6-10-23-21(22)18-33-36-23/h3-12,18H,13-17H2,1-2H3,(H,33,36)(H2,32,34,39). The van der Waals surface area contributed by atoms with Gasteiger partial charge in [-0.2, -0.15) is 18.3 Å². The van der Waals surface area contributed by atoms with Crippen molar-refractivity contribution in [3.8, 4) is 0 Å². The molecule has 0 saturated carbocycles. The Labute approximate surface area is 224 Å². The molecule has 1 aliphatic heterocycles. The Morgan fingerprint density at radius 2 is 1.79 bits per heavy atom. The van der Waals surface area contributed by atoms with Crippen LogP contribution in [-0.4, -0.2) is 53.3 Å². The molecular formula is C28H30F3N7O. The highest BCUT2D eigenvalue weighted by molar-refractivity contribution is 6.00. The second-order valence-corrected chi connectivity index (χ2v) is 9.90. The van der Waals surface area contributed by atoms with Crippen LogP contribution in [0.25, 0.3) is 10.9 Å². The second-order valence-electron chi connectivity index (χ2n) is 9.90. The smallest absolute Gasteiger partial charge is 0.356 e. The van der Waals surface area contributed by atoms with E-state index in [-0.39, 0.29) is 17.9 Å². The van der Waals surface area contributed by atoms with Gasteiger partial charge in [-0.1, -0.05) is 42.5 Å². The number of piperidine rings is 1. The Kier molecular flexibility index (Phi) is 7.17. The minimum Gasteiger partial charge on any atom is -0.356 e. The molecule has 3 N–H and O–H groups in total. The Morgan fingerprint density at radius 1 is 1.05 bits per heavy atom. The second kappa shape index (κ2) is 10.6. The lowest BCUT2D eigenvalue weighted by atomic mass is 9.79. The van der Waals surface area contributed by atoms with Crippen LogP contribution in [-0.2, 0) is 18.3 Å². The third-order valence-corrected chi connectivity index (χ3v) is 7.48. The Bertz CT molecular complexity index is 1440. The van der Waals surface area contributed by atoms with Gasteiger partial charge in [-0.05, 0) is 50.7 Å². The first-order valence-electron chi connectivity index (χ1n) is 12.7. The lowest BCUT2D eigenvalue weighted by molar-refractivity contribution is -0.141. The van der Waals surface area contributed by atoms with Gasteiger partial charge in [-0.15, -0.1) is 0 Å². The van der Waals surface area contributed by atoms with E-state index in [9.17, 15) is 18.0 Å². The van der Waals surface area contributed by atoms with E-state index >= 15 is 0 Å². The first-order valence-corrected chi connectivity index (χ1v) is 12.7. The fourth-order valence-corrected chi connectivity index (χ4v) is 5.30. The molecule has 0 spiro atoms. The summed E-state index contributed by atoms with van der Waals surface area (Å²) in [6.07, 6.45) is -1.54. The van der Waals surface area contributed by atoms with Crippen LogP contribution in [0.5, 0.6) is 0 Å². The molecule has 0 atom stereocenters. The average Bonchev–Trinajstić information content (AvgIpc) is 3.42. The van der Waals surface area contributed by atoms with E-state index in [1.165, 1.54) is 11.6 Å². The summed E-state index contributed by atoms with van der Waals surface area (Å²) in [5.74, 6) is 0.238. The number of H-pyrrole nitrogens is 1. The molecule has 8 nitrogen and oxygen atoms in total. The van der Waals surface area contributed by atoms with Crippen LogP contribution in [0.3, 0.4) is 0 Å². The van der Waals surface area contributed by atoms with Gasteiger partial charge in [0.2, 0.25) is 0 Å². The Hall–Kier alpha value is -4.12. The highest BCUT2D eigenvalue weighted by atomic mass is 19.4. The van der Waals surface area contributed by atoms with Gasteiger partial charge in [0.25, 0.3) is 0 Å². The number of carbonyl (C=O) groups excluding carboxylic acids is 1. The number of anilines is 2. The van der Waals surface area contributed by atoms with Gasteiger partial charge in [0.1, 0.15) is 11.5 Å². The molecule has 1 aliphatic rings. The van der Waals surface area contributed by atoms with Crippen molar-refractivity contribution in [2.24, 2.45) is 0 Å². The van der Waals surface area contributed by atoms with Crippen LogP contribution in [0.4, 0.5) is 29.5 Å². The molecule has 11 heteroatoms. The number of pyridine rings is 1. The molecule has 0 unspecified atom stereocenters. The number of benzene rings is 2. The lowest BCUT2D eigenvalue weighted by Gasteiger charge is -2.47. The van der Waals surface area contributed by atoms with Gasteiger partial charge in [-0.25, -0.2) is 9.78 Å². The number of nitrogens with zero attached hydrogens (tertiary/aromatic N) is 4. The Morgan fingerprint density at radius 3 is 2.49 bits per heavy atom. The monoisotopic (exact) mass is 537 g/mol. The molecule has 204 valence electrons. The molecular weight excluding hydrogens is 507 g/mol. The van der Waals surface area contributed by atoms with E-state index in [1.807, 2.05) is 43.3 Å². The van der Waals surface area contributed by atoms with E-state index < -0.39 is 17.9 Å². The zero-order chi connectivity index (χ0) is 27.6. The zero-order valence-electron chi connectivity index (χ0n) is 21.7. The maximum absolute atomic E-state index is 13.6. The molecule has 2 aromatic heterocycles. The molecule has 39 heavy (non-hydrogen) atoms. The number of amides is 2. The predicted molar refractivity (Wildman–Crippen MR) is 144 cm³/mol. The number of fused-ring (bicyclic) bond motifs is 1. The molecule has 3 heterocycles.